The van der Waals surface area contributed by atoms with Gasteiger partial charge in [-0.2, -0.15) is 0 Å². The van der Waals surface area contributed by atoms with Gasteiger partial charge in [0.1, 0.15) is 5.75 Å². The Bertz CT molecular complexity index is 670. The highest BCUT2D eigenvalue weighted by Gasteiger charge is 2.20. The minimum absolute atomic E-state index is 0.0204. The molecule has 1 heterocycles. The van der Waals surface area contributed by atoms with E-state index in [4.69, 9.17) is 0 Å². The Kier molecular flexibility index (Phi) is 6.09. The van der Waals surface area contributed by atoms with Crippen LogP contribution in [0.4, 0.5) is 0 Å². The summed E-state index contributed by atoms with van der Waals surface area (Å²) in [6.45, 7) is 1.29. The Morgan fingerprint density at radius 3 is 2.55 bits per heavy atom. The maximum Gasteiger partial charge on any atom is 0.255 e. The lowest BCUT2D eigenvalue weighted by atomic mass is 10.1. The van der Waals surface area contributed by atoms with Gasteiger partial charge in [0, 0.05) is 29.1 Å². The van der Waals surface area contributed by atoms with Gasteiger partial charge >= 0.3 is 0 Å². The summed E-state index contributed by atoms with van der Waals surface area (Å²) in [5.74, 6) is -0.235. The molecule has 2 N–H and O–H groups in total. The largest absolute Gasteiger partial charge is 0.506 e. The van der Waals surface area contributed by atoms with Crippen LogP contribution in [0.1, 0.15) is 10.4 Å². The van der Waals surface area contributed by atoms with Gasteiger partial charge in [-0.1, -0.05) is 0 Å². The second-order valence-electron chi connectivity index (χ2n) is 5.07. The van der Waals surface area contributed by atoms with E-state index in [-0.39, 0.29) is 11.7 Å². The van der Waals surface area contributed by atoms with E-state index in [0.717, 1.165) is 15.8 Å². The van der Waals surface area contributed by atoms with Crippen LogP contribution in [0.15, 0.2) is 30.6 Å². The van der Waals surface area contributed by atoms with Crippen LogP contribution in [0.25, 0.3) is 5.69 Å². The van der Waals surface area contributed by atoms with Crippen molar-refractivity contribution in [3.8, 4) is 11.4 Å². The third-order valence-corrected chi connectivity index (χ3v) is 4.96. The van der Waals surface area contributed by atoms with Crippen molar-refractivity contribution >= 4 is 51.1 Å². The average molecular weight is 525 g/mol. The number of phenolic OH excluding ortho intramolecular Hbond substituents is 1. The number of nitrogens with zero attached hydrogens (tertiary/aromatic N) is 2. The number of benzene rings is 1. The van der Waals surface area contributed by atoms with Crippen LogP contribution in [0.3, 0.4) is 0 Å². The predicted octanol–water partition coefficient (Wildman–Crippen LogP) is 2.68. The van der Waals surface area contributed by atoms with Crippen molar-refractivity contribution in [2.75, 3.05) is 27.2 Å². The number of carbonyl (C=O) groups excluding carboxylic acids is 1. The lowest BCUT2D eigenvalue weighted by Gasteiger charge is -2.15. The third-order valence-electron chi connectivity index (χ3n) is 3.12. The molecule has 0 aliphatic rings. The first-order valence-electron chi connectivity index (χ1n) is 6.69. The molecule has 22 heavy (non-hydrogen) atoms. The first-order valence-corrected chi connectivity index (χ1v) is 8.84. The first kappa shape index (κ1) is 17.5. The van der Waals surface area contributed by atoms with E-state index in [1.165, 1.54) is 0 Å². The minimum atomic E-state index is -0.255. The highest BCUT2D eigenvalue weighted by atomic mass is 127. The Hall–Kier alpha value is -0.810. The molecule has 0 aliphatic carbocycles. The zero-order valence-electron chi connectivity index (χ0n) is 12.3. The summed E-state index contributed by atoms with van der Waals surface area (Å²) in [5, 5.41) is 13.2. The number of hydrogen-bond donors (Lipinski definition) is 2. The number of halogens is 2. The fraction of sp³-hybridized carbons (Fsp3) is 0.267. The number of phenols is 1. The second kappa shape index (κ2) is 7.64. The number of likely N-dealkylation sites (N-methyl/N-ethyl adjacent to an activating group) is 1. The van der Waals surface area contributed by atoms with E-state index < -0.39 is 0 Å². The Morgan fingerprint density at radius 1 is 1.32 bits per heavy atom. The van der Waals surface area contributed by atoms with E-state index >= 15 is 0 Å². The Morgan fingerprint density at radius 2 is 1.95 bits per heavy atom. The van der Waals surface area contributed by atoms with Crippen molar-refractivity contribution in [3.05, 3.63) is 43.3 Å². The van der Waals surface area contributed by atoms with Gasteiger partial charge in [-0.25, -0.2) is 0 Å². The smallest absolute Gasteiger partial charge is 0.255 e. The molecule has 0 bridgehead atoms. The van der Waals surface area contributed by atoms with Gasteiger partial charge in [0.05, 0.1) is 14.8 Å². The Labute approximate surface area is 157 Å². The zero-order valence-corrected chi connectivity index (χ0v) is 16.6. The molecular formula is C15H17I2N3O2. The van der Waals surface area contributed by atoms with Crippen molar-refractivity contribution in [2.24, 2.45) is 0 Å². The van der Waals surface area contributed by atoms with Gasteiger partial charge in [-0.3, -0.25) is 4.79 Å². The molecule has 1 aromatic heterocycles. The molecule has 118 valence electrons. The second-order valence-corrected chi connectivity index (χ2v) is 7.31. The van der Waals surface area contributed by atoms with Crippen LogP contribution in [0.2, 0.25) is 0 Å². The topological polar surface area (TPSA) is 57.5 Å². The monoisotopic (exact) mass is 525 g/mol. The molecular weight excluding hydrogens is 508 g/mol. The highest BCUT2D eigenvalue weighted by Crippen LogP contribution is 2.34. The number of amides is 1. The fourth-order valence-electron chi connectivity index (χ4n) is 1.98. The van der Waals surface area contributed by atoms with Crippen LogP contribution in [0.5, 0.6) is 5.75 Å². The number of nitrogens with one attached hydrogen (secondary N) is 1. The lowest BCUT2D eigenvalue weighted by molar-refractivity contribution is 0.0948. The van der Waals surface area contributed by atoms with Crippen LogP contribution >= 0.6 is 45.2 Å². The van der Waals surface area contributed by atoms with Gasteiger partial charge in [-0.15, -0.1) is 0 Å². The SMILES string of the molecule is CN(C)CCNC(=O)c1cc(I)c(-n2cccc2)c(I)c1O. The molecule has 5 nitrogen and oxygen atoms in total. The van der Waals surface area contributed by atoms with E-state index in [1.54, 1.807) is 6.07 Å². The summed E-state index contributed by atoms with van der Waals surface area (Å²) in [4.78, 5) is 14.2. The van der Waals surface area contributed by atoms with Gasteiger partial charge < -0.3 is 19.9 Å². The molecule has 0 unspecified atom stereocenters. The molecule has 1 amide bonds. The van der Waals surface area contributed by atoms with Crippen molar-refractivity contribution in [3.63, 3.8) is 0 Å². The van der Waals surface area contributed by atoms with E-state index in [0.29, 0.717) is 15.7 Å². The molecule has 0 spiro atoms. The van der Waals surface area contributed by atoms with Crippen LogP contribution in [-0.2, 0) is 0 Å². The molecule has 2 aromatic rings. The summed E-state index contributed by atoms with van der Waals surface area (Å²) < 4.78 is 3.50. The highest BCUT2D eigenvalue weighted by molar-refractivity contribution is 14.1. The van der Waals surface area contributed by atoms with Crippen molar-refractivity contribution in [1.29, 1.82) is 0 Å². The zero-order chi connectivity index (χ0) is 16.3. The minimum Gasteiger partial charge on any atom is -0.506 e. The van der Waals surface area contributed by atoms with Gasteiger partial charge in [0.25, 0.3) is 5.91 Å². The maximum atomic E-state index is 12.2. The van der Waals surface area contributed by atoms with Gasteiger partial charge in [-0.05, 0) is 77.5 Å². The molecule has 0 aliphatic heterocycles. The molecule has 7 heteroatoms. The lowest BCUT2D eigenvalue weighted by Crippen LogP contribution is -2.31. The normalized spacial score (nSPS) is 11.0. The van der Waals surface area contributed by atoms with Crippen LogP contribution in [-0.4, -0.2) is 47.7 Å². The van der Waals surface area contributed by atoms with E-state index in [2.05, 4.69) is 50.5 Å². The molecule has 0 radical (unpaired) electrons. The summed E-state index contributed by atoms with van der Waals surface area (Å²) in [5.41, 5.74) is 1.19. The van der Waals surface area contributed by atoms with E-state index in [1.807, 2.05) is 48.1 Å². The quantitative estimate of drug-likeness (QED) is 0.591. The molecule has 2 rings (SSSR count). The fourth-order valence-corrected chi connectivity index (χ4v) is 4.22. The summed E-state index contributed by atoms with van der Waals surface area (Å²) in [6.07, 6.45) is 3.83. The average Bonchev–Trinajstić information content (AvgIpc) is 2.96. The summed E-state index contributed by atoms with van der Waals surface area (Å²) in [7, 11) is 3.89. The molecule has 0 saturated heterocycles. The number of carbonyl (C=O) groups is 1. The van der Waals surface area contributed by atoms with E-state index in [9.17, 15) is 9.90 Å². The predicted molar refractivity (Wildman–Crippen MR) is 104 cm³/mol. The molecule has 0 fully saturated rings. The van der Waals surface area contributed by atoms with Crippen molar-refractivity contribution in [1.82, 2.24) is 14.8 Å². The molecule has 0 atom stereocenters. The first-order chi connectivity index (χ1) is 10.4. The third kappa shape index (κ3) is 3.93. The summed E-state index contributed by atoms with van der Waals surface area (Å²) >= 11 is 4.26. The number of aromatic nitrogens is 1. The van der Waals surface area contributed by atoms with Crippen molar-refractivity contribution in [2.45, 2.75) is 0 Å². The van der Waals surface area contributed by atoms with Gasteiger partial charge in [0.2, 0.25) is 0 Å². The number of aromatic hydroxyl groups is 1. The Balaban J connectivity index is 2.29. The maximum absolute atomic E-state index is 12.2. The standard InChI is InChI=1S/C15H17I2N3O2/c1-19(2)8-5-18-15(22)10-9-11(16)13(12(17)14(10)21)20-6-3-4-7-20/h3-4,6-7,9,21H,5,8H2,1-2H3,(H,18,22). The number of hydrogen-bond acceptors (Lipinski definition) is 3. The molecule has 1 aromatic carbocycles. The van der Waals surface area contributed by atoms with Gasteiger partial charge in [0.15, 0.2) is 0 Å². The van der Waals surface area contributed by atoms with Crippen LogP contribution < -0.4 is 5.32 Å². The van der Waals surface area contributed by atoms with Crippen molar-refractivity contribution < 1.29 is 9.90 Å². The summed E-state index contributed by atoms with van der Waals surface area (Å²) in [6, 6.07) is 5.56. The van der Waals surface area contributed by atoms with Crippen LogP contribution in [0, 0.1) is 7.14 Å². The number of rotatable bonds is 5. The molecule has 0 saturated carbocycles.